The van der Waals surface area contributed by atoms with Crippen LogP contribution in [-0.2, 0) is 6.54 Å². The predicted molar refractivity (Wildman–Crippen MR) is 114 cm³/mol. The quantitative estimate of drug-likeness (QED) is 0.713. The summed E-state index contributed by atoms with van der Waals surface area (Å²) in [5.41, 5.74) is 0.434. The second-order valence-corrected chi connectivity index (χ2v) is 9.03. The van der Waals surface area contributed by atoms with E-state index in [-0.39, 0.29) is 12.0 Å². The zero-order valence-electron chi connectivity index (χ0n) is 18.3. The molecule has 1 N–H and O–H groups in total. The SMILES string of the molecule is CCC(O)CN1CCN(Cc2nc(C(=O)N3CCN(C4CCCC4)CC3)co2)CC1. The van der Waals surface area contributed by atoms with E-state index in [1.165, 1.54) is 31.9 Å². The van der Waals surface area contributed by atoms with Crippen molar-refractivity contribution in [2.75, 3.05) is 58.9 Å². The minimum atomic E-state index is -0.239. The molecule has 1 saturated carbocycles. The van der Waals surface area contributed by atoms with Crippen molar-refractivity contribution >= 4 is 5.91 Å². The molecule has 3 fully saturated rings. The predicted octanol–water partition coefficient (Wildman–Crippen LogP) is 1.26. The van der Waals surface area contributed by atoms with Gasteiger partial charge in [-0.25, -0.2) is 4.98 Å². The molecule has 3 aliphatic rings. The molecule has 2 saturated heterocycles. The summed E-state index contributed by atoms with van der Waals surface area (Å²) in [5, 5.41) is 9.82. The van der Waals surface area contributed by atoms with E-state index in [1.54, 1.807) is 0 Å². The smallest absolute Gasteiger partial charge is 0.275 e. The molecular weight excluding hydrogens is 382 g/mol. The lowest BCUT2D eigenvalue weighted by Crippen LogP contribution is -2.51. The molecule has 0 spiro atoms. The van der Waals surface area contributed by atoms with Gasteiger partial charge in [0.2, 0.25) is 5.89 Å². The lowest BCUT2D eigenvalue weighted by Gasteiger charge is -2.37. The highest BCUT2D eigenvalue weighted by Crippen LogP contribution is 2.24. The highest BCUT2D eigenvalue weighted by molar-refractivity contribution is 5.92. The summed E-state index contributed by atoms with van der Waals surface area (Å²) in [4.78, 5) is 26.4. The van der Waals surface area contributed by atoms with Gasteiger partial charge >= 0.3 is 0 Å². The van der Waals surface area contributed by atoms with E-state index in [9.17, 15) is 9.90 Å². The topological polar surface area (TPSA) is 76.3 Å². The lowest BCUT2D eigenvalue weighted by atomic mass is 10.2. The van der Waals surface area contributed by atoms with Crippen molar-refractivity contribution in [3.8, 4) is 0 Å². The standard InChI is InChI=1S/C22H37N5O3/c1-2-19(28)15-24-7-9-25(10-8-24)16-21-23-20(17-30-21)22(29)27-13-11-26(12-14-27)18-5-3-4-6-18/h17-19,28H,2-16H2,1H3. The molecule has 1 aromatic rings. The van der Waals surface area contributed by atoms with E-state index >= 15 is 0 Å². The molecule has 1 unspecified atom stereocenters. The normalized spacial score (nSPS) is 23.9. The number of β-amino-alcohol motifs (C(OH)–C–C–N with tert-alkyl or cyclic N) is 1. The van der Waals surface area contributed by atoms with Crippen LogP contribution >= 0.6 is 0 Å². The number of rotatable bonds is 7. The van der Waals surface area contributed by atoms with Gasteiger partial charge in [0.15, 0.2) is 5.69 Å². The average Bonchev–Trinajstić information content (AvgIpc) is 3.47. The number of piperazine rings is 2. The lowest BCUT2D eigenvalue weighted by molar-refractivity contribution is 0.0567. The Bertz CT molecular complexity index is 674. The van der Waals surface area contributed by atoms with E-state index in [1.807, 2.05) is 11.8 Å². The third-order valence-corrected chi connectivity index (χ3v) is 6.98. The zero-order chi connectivity index (χ0) is 20.9. The van der Waals surface area contributed by atoms with Crippen molar-refractivity contribution in [1.82, 2.24) is 24.6 Å². The summed E-state index contributed by atoms with van der Waals surface area (Å²) in [7, 11) is 0. The van der Waals surface area contributed by atoms with Gasteiger partial charge in [-0.3, -0.25) is 19.5 Å². The molecule has 2 aliphatic heterocycles. The Balaban J connectivity index is 1.22. The summed E-state index contributed by atoms with van der Waals surface area (Å²) >= 11 is 0. The van der Waals surface area contributed by atoms with Crippen molar-refractivity contribution < 1.29 is 14.3 Å². The van der Waals surface area contributed by atoms with Gasteiger partial charge in [0.05, 0.1) is 12.6 Å². The first-order valence-corrected chi connectivity index (χ1v) is 11.7. The van der Waals surface area contributed by atoms with Crippen molar-refractivity contribution in [2.45, 2.75) is 57.7 Å². The number of oxazole rings is 1. The van der Waals surface area contributed by atoms with Crippen LogP contribution in [0.1, 0.15) is 55.4 Å². The molecule has 1 aromatic heterocycles. The number of amides is 1. The van der Waals surface area contributed by atoms with Crippen LogP contribution in [0.4, 0.5) is 0 Å². The Labute approximate surface area is 179 Å². The van der Waals surface area contributed by atoms with E-state index in [0.717, 1.165) is 71.4 Å². The molecule has 8 nitrogen and oxygen atoms in total. The van der Waals surface area contributed by atoms with Crippen molar-refractivity contribution in [2.24, 2.45) is 0 Å². The van der Waals surface area contributed by atoms with E-state index < -0.39 is 0 Å². The van der Waals surface area contributed by atoms with Gasteiger partial charge in [0.25, 0.3) is 5.91 Å². The fourth-order valence-electron chi connectivity index (χ4n) is 4.95. The first kappa shape index (κ1) is 21.7. The molecule has 4 rings (SSSR count). The van der Waals surface area contributed by atoms with Crippen LogP contribution in [-0.4, -0.2) is 107 Å². The first-order valence-electron chi connectivity index (χ1n) is 11.7. The van der Waals surface area contributed by atoms with Gasteiger partial charge < -0.3 is 14.4 Å². The van der Waals surface area contributed by atoms with Gasteiger partial charge in [-0.15, -0.1) is 0 Å². The third kappa shape index (κ3) is 5.41. The number of nitrogens with zero attached hydrogens (tertiary/aromatic N) is 5. The van der Waals surface area contributed by atoms with Crippen molar-refractivity contribution in [1.29, 1.82) is 0 Å². The van der Waals surface area contributed by atoms with Crippen LogP contribution in [0.15, 0.2) is 10.7 Å². The second kappa shape index (κ2) is 10.2. The molecule has 0 aromatic carbocycles. The van der Waals surface area contributed by atoms with Gasteiger partial charge in [0.1, 0.15) is 6.26 Å². The van der Waals surface area contributed by atoms with Gasteiger partial charge in [-0.2, -0.15) is 0 Å². The minimum absolute atomic E-state index is 0.00514. The maximum Gasteiger partial charge on any atom is 0.275 e. The highest BCUT2D eigenvalue weighted by atomic mass is 16.3. The Morgan fingerprint density at radius 2 is 1.77 bits per heavy atom. The van der Waals surface area contributed by atoms with Crippen LogP contribution in [0.25, 0.3) is 0 Å². The Hall–Kier alpha value is -1.48. The monoisotopic (exact) mass is 419 g/mol. The number of hydrogen-bond donors (Lipinski definition) is 1. The van der Waals surface area contributed by atoms with Gasteiger partial charge in [0, 0.05) is 64.9 Å². The summed E-state index contributed by atoms with van der Waals surface area (Å²) in [6.45, 7) is 10.6. The molecule has 1 atom stereocenters. The van der Waals surface area contributed by atoms with Crippen LogP contribution in [0.5, 0.6) is 0 Å². The van der Waals surface area contributed by atoms with Crippen LogP contribution < -0.4 is 0 Å². The number of aliphatic hydroxyl groups excluding tert-OH is 1. The Morgan fingerprint density at radius 1 is 1.10 bits per heavy atom. The van der Waals surface area contributed by atoms with Gasteiger partial charge in [-0.05, 0) is 19.3 Å². The zero-order valence-corrected chi connectivity index (χ0v) is 18.3. The maximum absolute atomic E-state index is 12.8. The molecule has 3 heterocycles. The summed E-state index contributed by atoms with van der Waals surface area (Å²) in [6, 6.07) is 0.728. The number of aliphatic hydroxyl groups is 1. The maximum atomic E-state index is 12.8. The Kier molecular flexibility index (Phi) is 7.41. The molecule has 30 heavy (non-hydrogen) atoms. The fraction of sp³-hybridized carbons (Fsp3) is 0.818. The molecule has 0 bridgehead atoms. The Morgan fingerprint density at radius 3 is 2.43 bits per heavy atom. The third-order valence-electron chi connectivity index (χ3n) is 6.98. The van der Waals surface area contributed by atoms with Crippen molar-refractivity contribution in [3.05, 3.63) is 17.8 Å². The van der Waals surface area contributed by atoms with Crippen LogP contribution in [0.2, 0.25) is 0 Å². The molecule has 1 aliphatic carbocycles. The largest absolute Gasteiger partial charge is 0.447 e. The molecule has 0 radical (unpaired) electrons. The summed E-state index contributed by atoms with van der Waals surface area (Å²) in [6.07, 6.45) is 7.40. The van der Waals surface area contributed by atoms with Gasteiger partial charge in [-0.1, -0.05) is 19.8 Å². The fourth-order valence-corrected chi connectivity index (χ4v) is 4.95. The second-order valence-electron chi connectivity index (χ2n) is 9.03. The average molecular weight is 420 g/mol. The van der Waals surface area contributed by atoms with Crippen LogP contribution in [0.3, 0.4) is 0 Å². The van der Waals surface area contributed by atoms with Crippen LogP contribution in [0, 0.1) is 0 Å². The molecule has 8 heteroatoms. The first-order chi connectivity index (χ1) is 14.6. The van der Waals surface area contributed by atoms with Crippen molar-refractivity contribution in [3.63, 3.8) is 0 Å². The minimum Gasteiger partial charge on any atom is -0.447 e. The highest BCUT2D eigenvalue weighted by Gasteiger charge is 2.29. The number of carbonyl (C=O) groups excluding carboxylic acids is 1. The van der Waals surface area contributed by atoms with E-state index in [0.29, 0.717) is 18.1 Å². The molecule has 1 amide bonds. The number of carbonyl (C=O) groups is 1. The summed E-state index contributed by atoms with van der Waals surface area (Å²) in [5.74, 6) is 0.611. The van der Waals surface area contributed by atoms with E-state index in [2.05, 4.69) is 19.7 Å². The number of aromatic nitrogens is 1. The number of hydrogen-bond acceptors (Lipinski definition) is 7. The molecular formula is C22H37N5O3. The summed E-state index contributed by atoms with van der Waals surface area (Å²) < 4.78 is 5.63. The van der Waals surface area contributed by atoms with E-state index in [4.69, 9.17) is 4.42 Å². The molecule has 168 valence electrons.